The zero-order valence-electron chi connectivity index (χ0n) is 10.2. The number of nitrogens with one attached hydrogen (secondary N) is 1. The standard InChI is InChI=1S/C12H20N2OS/c1-12(2)5-4-9(13-3)10(8-12)16-11-14-6-7-15-11/h6-7,9-10,13H,4-5,8H2,1-3H3. The van der Waals surface area contributed by atoms with Gasteiger partial charge in [-0.3, -0.25) is 0 Å². The Balaban J connectivity index is 2.03. The van der Waals surface area contributed by atoms with Crippen LogP contribution >= 0.6 is 11.8 Å². The van der Waals surface area contributed by atoms with Crippen molar-refractivity contribution in [3.8, 4) is 0 Å². The maximum atomic E-state index is 5.32. The Hall–Kier alpha value is -0.480. The highest BCUT2D eigenvalue weighted by molar-refractivity contribution is 7.99. The van der Waals surface area contributed by atoms with Crippen LogP contribution in [0.5, 0.6) is 0 Å². The quantitative estimate of drug-likeness (QED) is 0.881. The summed E-state index contributed by atoms with van der Waals surface area (Å²) in [7, 11) is 2.05. The third-order valence-corrected chi connectivity index (χ3v) is 4.57. The molecule has 1 N–H and O–H groups in total. The molecule has 2 rings (SSSR count). The van der Waals surface area contributed by atoms with Crippen LogP contribution in [-0.2, 0) is 0 Å². The molecule has 0 amide bonds. The van der Waals surface area contributed by atoms with Crippen molar-refractivity contribution in [2.75, 3.05) is 7.05 Å². The molecule has 4 heteroatoms. The highest BCUT2D eigenvalue weighted by Crippen LogP contribution is 2.42. The van der Waals surface area contributed by atoms with E-state index in [1.165, 1.54) is 19.3 Å². The average molecular weight is 240 g/mol. The molecule has 1 aliphatic rings. The van der Waals surface area contributed by atoms with Crippen LogP contribution < -0.4 is 5.32 Å². The van der Waals surface area contributed by atoms with E-state index in [1.54, 1.807) is 24.2 Å². The maximum Gasteiger partial charge on any atom is 0.255 e. The van der Waals surface area contributed by atoms with Gasteiger partial charge in [0.1, 0.15) is 6.26 Å². The Kier molecular flexibility index (Phi) is 3.60. The second-order valence-electron chi connectivity index (χ2n) is 5.26. The average Bonchev–Trinajstić information content (AvgIpc) is 2.70. The van der Waals surface area contributed by atoms with Crippen LogP contribution in [-0.4, -0.2) is 23.3 Å². The summed E-state index contributed by atoms with van der Waals surface area (Å²) in [4.78, 5) is 4.20. The summed E-state index contributed by atoms with van der Waals surface area (Å²) in [5.41, 5.74) is 0.442. The monoisotopic (exact) mass is 240 g/mol. The molecule has 1 aromatic heterocycles. The number of oxazole rings is 1. The van der Waals surface area contributed by atoms with Gasteiger partial charge in [-0.15, -0.1) is 0 Å². The first-order chi connectivity index (χ1) is 7.61. The van der Waals surface area contributed by atoms with Crippen LogP contribution in [0.2, 0.25) is 0 Å². The lowest BCUT2D eigenvalue weighted by Crippen LogP contribution is -2.43. The van der Waals surface area contributed by atoms with Crippen molar-refractivity contribution >= 4 is 11.8 Å². The third kappa shape index (κ3) is 2.80. The first kappa shape index (κ1) is 12.0. The summed E-state index contributed by atoms with van der Waals surface area (Å²) in [6.07, 6.45) is 7.10. The normalized spacial score (nSPS) is 29.2. The molecule has 0 bridgehead atoms. The smallest absolute Gasteiger partial charge is 0.255 e. The summed E-state index contributed by atoms with van der Waals surface area (Å²) in [5.74, 6) is 0. The maximum absolute atomic E-state index is 5.32. The van der Waals surface area contributed by atoms with Gasteiger partial charge in [0.05, 0.1) is 6.20 Å². The fourth-order valence-corrected chi connectivity index (χ4v) is 3.84. The number of rotatable bonds is 3. The fourth-order valence-electron chi connectivity index (χ4n) is 2.37. The number of aromatic nitrogens is 1. The molecule has 0 saturated heterocycles. The summed E-state index contributed by atoms with van der Waals surface area (Å²) in [6.45, 7) is 4.70. The van der Waals surface area contributed by atoms with E-state index in [0.29, 0.717) is 16.7 Å². The second kappa shape index (κ2) is 4.80. The van der Waals surface area contributed by atoms with Crippen molar-refractivity contribution in [2.45, 2.75) is 49.6 Å². The van der Waals surface area contributed by atoms with Crippen molar-refractivity contribution < 1.29 is 4.42 Å². The van der Waals surface area contributed by atoms with Crippen molar-refractivity contribution in [1.29, 1.82) is 0 Å². The van der Waals surface area contributed by atoms with E-state index in [9.17, 15) is 0 Å². The number of hydrogen-bond donors (Lipinski definition) is 1. The zero-order chi connectivity index (χ0) is 11.6. The lowest BCUT2D eigenvalue weighted by molar-refractivity contribution is 0.218. The number of thioether (sulfide) groups is 1. The van der Waals surface area contributed by atoms with Gasteiger partial charge in [0.15, 0.2) is 0 Å². The van der Waals surface area contributed by atoms with Gasteiger partial charge in [-0.1, -0.05) is 25.6 Å². The van der Waals surface area contributed by atoms with E-state index in [-0.39, 0.29) is 0 Å². The molecule has 0 radical (unpaired) electrons. The Morgan fingerprint density at radius 2 is 2.38 bits per heavy atom. The van der Waals surface area contributed by atoms with Crippen LogP contribution in [0, 0.1) is 5.41 Å². The van der Waals surface area contributed by atoms with Crippen molar-refractivity contribution in [1.82, 2.24) is 10.3 Å². The molecule has 1 aromatic rings. The van der Waals surface area contributed by atoms with Gasteiger partial charge >= 0.3 is 0 Å². The molecule has 0 aromatic carbocycles. The molecule has 3 nitrogen and oxygen atoms in total. The van der Waals surface area contributed by atoms with Crippen molar-refractivity contribution in [3.63, 3.8) is 0 Å². The van der Waals surface area contributed by atoms with E-state index in [1.807, 2.05) is 7.05 Å². The number of hydrogen-bond acceptors (Lipinski definition) is 4. The Labute approximate surface area is 101 Å². The summed E-state index contributed by atoms with van der Waals surface area (Å²) in [6, 6.07) is 0.574. The van der Waals surface area contributed by atoms with Gasteiger partial charge in [-0.25, -0.2) is 4.98 Å². The molecule has 2 unspecified atom stereocenters. The lowest BCUT2D eigenvalue weighted by atomic mass is 9.75. The highest BCUT2D eigenvalue weighted by atomic mass is 32.2. The minimum Gasteiger partial charge on any atom is -0.440 e. The number of nitrogens with zero attached hydrogens (tertiary/aromatic N) is 1. The first-order valence-corrected chi connectivity index (χ1v) is 6.72. The Morgan fingerprint density at radius 3 is 3.00 bits per heavy atom. The zero-order valence-corrected chi connectivity index (χ0v) is 11.0. The molecule has 90 valence electrons. The molecule has 1 saturated carbocycles. The van der Waals surface area contributed by atoms with Crippen LogP contribution in [0.3, 0.4) is 0 Å². The van der Waals surface area contributed by atoms with E-state index < -0.39 is 0 Å². The van der Waals surface area contributed by atoms with E-state index in [0.717, 1.165) is 5.22 Å². The van der Waals surface area contributed by atoms with Crippen LogP contribution in [0.1, 0.15) is 33.1 Å². The minimum absolute atomic E-state index is 0.442. The molecule has 0 spiro atoms. The molecule has 1 fully saturated rings. The van der Waals surface area contributed by atoms with Gasteiger partial charge in [0, 0.05) is 11.3 Å². The van der Waals surface area contributed by atoms with Gasteiger partial charge in [-0.05, 0) is 31.7 Å². The molecule has 0 aliphatic heterocycles. The van der Waals surface area contributed by atoms with Crippen LogP contribution in [0.15, 0.2) is 22.1 Å². The van der Waals surface area contributed by atoms with Gasteiger partial charge in [0.2, 0.25) is 0 Å². The molecular formula is C12H20N2OS. The Morgan fingerprint density at radius 1 is 1.56 bits per heavy atom. The summed E-state index contributed by atoms with van der Waals surface area (Å²) < 4.78 is 5.32. The predicted molar refractivity (Wildman–Crippen MR) is 66.6 cm³/mol. The molecular weight excluding hydrogens is 220 g/mol. The molecule has 2 atom stereocenters. The highest BCUT2D eigenvalue weighted by Gasteiger charge is 2.35. The topological polar surface area (TPSA) is 38.1 Å². The first-order valence-electron chi connectivity index (χ1n) is 5.84. The largest absolute Gasteiger partial charge is 0.440 e. The third-order valence-electron chi connectivity index (χ3n) is 3.37. The summed E-state index contributed by atoms with van der Waals surface area (Å²) >= 11 is 1.77. The van der Waals surface area contributed by atoms with Crippen molar-refractivity contribution in [3.05, 3.63) is 12.5 Å². The molecule has 1 heterocycles. The Bertz CT molecular complexity index is 324. The van der Waals surface area contributed by atoms with E-state index >= 15 is 0 Å². The second-order valence-corrected chi connectivity index (χ2v) is 6.45. The summed E-state index contributed by atoms with van der Waals surface area (Å²) in [5, 5.41) is 4.77. The van der Waals surface area contributed by atoms with Crippen molar-refractivity contribution in [2.24, 2.45) is 5.41 Å². The fraction of sp³-hybridized carbons (Fsp3) is 0.750. The van der Waals surface area contributed by atoms with Crippen LogP contribution in [0.4, 0.5) is 0 Å². The molecule has 16 heavy (non-hydrogen) atoms. The van der Waals surface area contributed by atoms with E-state index in [4.69, 9.17) is 4.42 Å². The van der Waals surface area contributed by atoms with Gasteiger partial charge < -0.3 is 9.73 Å². The van der Waals surface area contributed by atoms with Gasteiger partial charge in [0.25, 0.3) is 5.22 Å². The van der Waals surface area contributed by atoms with Crippen LogP contribution in [0.25, 0.3) is 0 Å². The molecule has 1 aliphatic carbocycles. The van der Waals surface area contributed by atoms with E-state index in [2.05, 4.69) is 24.1 Å². The lowest BCUT2D eigenvalue weighted by Gasteiger charge is -2.39. The predicted octanol–water partition coefficient (Wildman–Crippen LogP) is 2.93. The SMILES string of the molecule is CNC1CCC(C)(C)CC1Sc1ncco1. The van der Waals surface area contributed by atoms with Gasteiger partial charge in [-0.2, -0.15) is 0 Å². The minimum atomic E-state index is 0.442.